The molecule has 3 rings (SSSR count). The van der Waals surface area contributed by atoms with Gasteiger partial charge in [0.25, 0.3) is 0 Å². The van der Waals surface area contributed by atoms with Crippen LogP contribution in [0.4, 0.5) is 0 Å². The van der Waals surface area contributed by atoms with Gasteiger partial charge in [-0.1, -0.05) is 33.8 Å². The molecule has 0 aliphatic carbocycles. The molecule has 0 bridgehead atoms. The molecule has 1 atom stereocenters. The van der Waals surface area contributed by atoms with Gasteiger partial charge in [-0.25, -0.2) is 13.4 Å². The zero-order valence-corrected chi connectivity index (χ0v) is 20.4. The summed E-state index contributed by atoms with van der Waals surface area (Å²) in [4.78, 5) is 16.1. The topological polar surface area (TPSA) is 106 Å². The monoisotopic (exact) mass is 536 g/mol. The van der Waals surface area contributed by atoms with E-state index in [2.05, 4.69) is 25.6 Å². The molecule has 1 heterocycles. The molecule has 0 saturated heterocycles. The summed E-state index contributed by atoms with van der Waals surface area (Å²) in [6.45, 7) is 3.31. The third-order valence-corrected chi connectivity index (χ3v) is 7.58. The third kappa shape index (κ3) is 6.32. The van der Waals surface area contributed by atoms with Crippen molar-refractivity contribution in [2.75, 3.05) is 0 Å². The number of hydrogen-bond acceptors (Lipinski definition) is 6. The fourth-order valence-electron chi connectivity index (χ4n) is 2.77. The number of rotatable bonds is 9. The molecular formula is C22H21BrN2O5S2. The van der Waals surface area contributed by atoms with Crippen LogP contribution in [0.2, 0.25) is 0 Å². The molecule has 1 aromatic heterocycles. The van der Waals surface area contributed by atoms with Gasteiger partial charge in [-0.05, 0) is 74.5 Å². The van der Waals surface area contributed by atoms with E-state index in [9.17, 15) is 18.3 Å². The predicted octanol–water partition coefficient (Wildman–Crippen LogP) is 4.94. The maximum atomic E-state index is 12.9. The van der Waals surface area contributed by atoms with Crippen LogP contribution in [0.25, 0.3) is 0 Å². The van der Waals surface area contributed by atoms with Crippen molar-refractivity contribution in [2.45, 2.75) is 34.6 Å². The first-order valence-corrected chi connectivity index (χ1v) is 12.5. The molecular weight excluding hydrogens is 516 g/mol. The lowest BCUT2D eigenvalue weighted by atomic mass is 10.1. The minimum absolute atomic E-state index is 0.0643. The molecule has 0 radical (unpaired) electrons. The molecule has 32 heavy (non-hydrogen) atoms. The van der Waals surface area contributed by atoms with Crippen LogP contribution in [0.5, 0.6) is 11.5 Å². The molecule has 0 amide bonds. The summed E-state index contributed by atoms with van der Waals surface area (Å²) < 4.78 is 33.7. The van der Waals surface area contributed by atoms with E-state index >= 15 is 0 Å². The van der Waals surface area contributed by atoms with Crippen molar-refractivity contribution >= 4 is 43.7 Å². The van der Waals surface area contributed by atoms with Gasteiger partial charge in [0.1, 0.15) is 17.5 Å². The molecule has 0 aliphatic rings. The SMILES string of the molecule is CC(C)(Sc1ccccn1)[C@@H](NS(=O)(=O)c1ccc(Oc2ccc(Br)cc2)cc1)C(=O)O. The first kappa shape index (κ1) is 24.2. The standard InChI is InChI=1S/C22H21BrN2O5S2/c1-22(2,31-19-5-3-4-14-24-19)20(21(26)27)25-32(28,29)18-12-10-17(11-13-18)30-16-8-6-15(23)7-9-16/h3-14,20,25H,1-2H3,(H,26,27)/t20-/m0/s1. The number of aromatic nitrogens is 1. The Morgan fingerprint density at radius 1 is 1.06 bits per heavy atom. The van der Waals surface area contributed by atoms with Gasteiger partial charge in [-0.3, -0.25) is 4.79 Å². The molecule has 2 aromatic carbocycles. The first-order valence-electron chi connectivity index (χ1n) is 9.45. The highest BCUT2D eigenvalue weighted by Crippen LogP contribution is 2.35. The molecule has 0 unspecified atom stereocenters. The number of benzene rings is 2. The number of carbonyl (C=O) groups is 1. The summed E-state index contributed by atoms with van der Waals surface area (Å²) in [5.74, 6) is -0.231. The number of pyridine rings is 1. The third-order valence-electron chi connectivity index (χ3n) is 4.40. The van der Waals surface area contributed by atoms with Gasteiger partial charge in [0.2, 0.25) is 10.0 Å². The van der Waals surface area contributed by atoms with Gasteiger partial charge in [0, 0.05) is 15.4 Å². The average molecular weight is 537 g/mol. The molecule has 168 valence electrons. The predicted molar refractivity (Wildman–Crippen MR) is 127 cm³/mol. The summed E-state index contributed by atoms with van der Waals surface area (Å²) in [6, 6.07) is 16.8. The van der Waals surface area contributed by atoms with Gasteiger partial charge in [-0.15, -0.1) is 0 Å². The van der Waals surface area contributed by atoms with Crippen molar-refractivity contribution in [3.63, 3.8) is 0 Å². The second kappa shape index (κ2) is 10.0. The zero-order valence-electron chi connectivity index (χ0n) is 17.2. The average Bonchev–Trinajstić information content (AvgIpc) is 2.74. The molecule has 0 fully saturated rings. The maximum absolute atomic E-state index is 12.9. The normalized spacial score (nSPS) is 12.8. The number of carboxylic acids is 1. The van der Waals surface area contributed by atoms with Crippen molar-refractivity contribution in [2.24, 2.45) is 0 Å². The Kier molecular flexibility index (Phi) is 7.60. The van der Waals surface area contributed by atoms with Gasteiger partial charge >= 0.3 is 5.97 Å². The van der Waals surface area contributed by atoms with Crippen molar-refractivity contribution < 1.29 is 23.1 Å². The van der Waals surface area contributed by atoms with Gasteiger partial charge in [0.15, 0.2) is 0 Å². The van der Waals surface area contributed by atoms with E-state index in [1.54, 1.807) is 50.4 Å². The molecule has 0 aliphatic heterocycles. The van der Waals surface area contributed by atoms with Crippen LogP contribution in [0.15, 0.2) is 87.3 Å². The molecule has 2 N–H and O–H groups in total. The van der Waals surface area contributed by atoms with Gasteiger partial charge < -0.3 is 9.84 Å². The number of ether oxygens (including phenoxy) is 1. The lowest BCUT2D eigenvalue weighted by molar-refractivity contribution is -0.139. The number of carboxylic acid groups (broad SMARTS) is 1. The van der Waals surface area contributed by atoms with Crippen molar-refractivity contribution in [1.29, 1.82) is 0 Å². The molecule has 0 saturated carbocycles. The number of thioether (sulfide) groups is 1. The Balaban J connectivity index is 1.76. The lowest BCUT2D eigenvalue weighted by Crippen LogP contribution is -2.52. The highest BCUT2D eigenvalue weighted by Gasteiger charge is 2.40. The van der Waals surface area contributed by atoms with Crippen LogP contribution in [-0.2, 0) is 14.8 Å². The van der Waals surface area contributed by atoms with E-state index in [0.717, 1.165) is 4.47 Å². The second-order valence-corrected chi connectivity index (χ2v) is 11.6. The van der Waals surface area contributed by atoms with Crippen LogP contribution in [0, 0.1) is 0 Å². The summed E-state index contributed by atoms with van der Waals surface area (Å²) >= 11 is 4.53. The van der Waals surface area contributed by atoms with Gasteiger partial charge in [-0.2, -0.15) is 4.72 Å². The Hall–Kier alpha value is -2.40. The number of sulfonamides is 1. The van der Waals surface area contributed by atoms with Crippen molar-refractivity contribution in [3.8, 4) is 11.5 Å². The summed E-state index contributed by atoms with van der Waals surface area (Å²) in [5, 5.41) is 10.3. The number of nitrogens with zero attached hydrogens (tertiary/aromatic N) is 1. The van der Waals surface area contributed by atoms with Crippen LogP contribution < -0.4 is 9.46 Å². The van der Waals surface area contributed by atoms with Crippen LogP contribution >= 0.6 is 27.7 Å². The van der Waals surface area contributed by atoms with Crippen LogP contribution in [-0.4, -0.2) is 35.3 Å². The van der Waals surface area contributed by atoms with E-state index in [1.165, 1.54) is 36.0 Å². The van der Waals surface area contributed by atoms with Crippen LogP contribution in [0.1, 0.15) is 13.8 Å². The Bertz CT molecular complexity index is 1170. The van der Waals surface area contributed by atoms with E-state index in [1.807, 2.05) is 12.1 Å². The molecule has 0 spiro atoms. The Morgan fingerprint density at radius 2 is 1.66 bits per heavy atom. The highest BCUT2D eigenvalue weighted by molar-refractivity contribution is 9.10. The quantitative estimate of drug-likeness (QED) is 0.373. The summed E-state index contributed by atoms with van der Waals surface area (Å²) in [6.07, 6.45) is 1.59. The Morgan fingerprint density at radius 3 is 2.19 bits per heavy atom. The van der Waals surface area contributed by atoms with Crippen molar-refractivity contribution in [1.82, 2.24) is 9.71 Å². The minimum atomic E-state index is -4.10. The Labute approximate surface area is 199 Å². The second-order valence-electron chi connectivity index (χ2n) is 7.29. The summed E-state index contributed by atoms with van der Waals surface area (Å²) in [5.41, 5.74) is 0. The number of halogens is 1. The number of hydrogen-bond donors (Lipinski definition) is 2. The number of nitrogens with one attached hydrogen (secondary N) is 1. The van der Waals surface area contributed by atoms with Gasteiger partial charge in [0.05, 0.1) is 9.92 Å². The van der Waals surface area contributed by atoms with Crippen LogP contribution in [0.3, 0.4) is 0 Å². The zero-order chi connectivity index (χ0) is 23.4. The fraction of sp³-hybridized carbons (Fsp3) is 0.182. The van der Waals surface area contributed by atoms with Crippen molar-refractivity contribution in [3.05, 3.63) is 77.4 Å². The maximum Gasteiger partial charge on any atom is 0.323 e. The van der Waals surface area contributed by atoms with E-state index < -0.39 is 26.8 Å². The highest BCUT2D eigenvalue weighted by atomic mass is 79.9. The molecule has 10 heteroatoms. The van der Waals surface area contributed by atoms with E-state index in [0.29, 0.717) is 16.5 Å². The lowest BCUT2D eigenvalue weighted by Gasteiger charge is -2.30. The number of aliphatic carboxylic acids is 1. The smallest absolute Gasteiger partial charge is 0.323 e. The first-order chi connectivity index (χ1) is 15.1. The van der Waals surface area contributed by atoms with E-state index in [4.69, 9.17) is 4.74 Å². The summed E-state index contributed by atoms with van der Waals surface area (Å²) in [7, 11) is -4.10. The minimum Gasteiger partial charge on any atom is -0.480 e. The molecule has 3 aromatic rings. The molecule has 7 nitrogen and oxygen atoms in total. The fourth-order valence-corrected chi connectivity index (χ4v) is 5.53. The van der Waals surface area contributed by atoms with E-state index in [-0.39, 0.29) is 4.90 Å². The largest absolute Gasteiger partial charge is 0.480 e.